The summed E-state index contributed by atoms with van der Waals surface area (Å²) >= 11 is 31.2. The minimum atomic E-state index is -3.87. The Morgan fingerprint density at radius 2 is 0.557 bits per heavy atom. The third-order valence-corrected chi connectivity index (χ3v) is 22.2. The lowest BCUT2D eigenvalue weighted by molar-refractivity contribution is -0.120. The predicted molar refractivity (Wildman–Crippen MR) is 479 cm³/mol. The van der Waals surface area contributed by atoms with E-state index in [0.717, 1.165) is 50.1 Å². The highest BCUT2D eigenvalue weighted by atomic mass is 36.0. The van der Waals surface area contributed by atoms with E-state index in [0.29, 0.717) is 29.8 Å². The highest BCUT2D eigenvalue weighted by molar-refractivity contribution is 8.24. The molecule has 640 valence electrons. The maximum atomic E-state index is 13.0. The van der Waals surface area contributed by atoms with E-state index in [1.54, 1.807) is 20.8 Å². The quantitative estimate of drug-likeness (QED) is 0.0362. The van der Waals surface area contributed by atoms with Gasteiger partial charge in [-0.15, -0.1) is 0 Å². The van der Waals surface area contributed by atoms with E-state index in [4.69, 9.17) is 57.3 Å². The molecule has 3 aromatic heterocycles. The monoisotopic (exact) mass is 1830 g/mol. The third kappa shape index (κ3) is 22.2. The minimum Gasteiger partial charge on any atom is -0.394 e. The van der Waals surface area contributed by atoms with Gasteiger partial charge in [0.15, 0.2) is 0 Å². The number of rotatable bonds is 22. The molecule has 3 saturated heterocycles. The molecular formula is C86H89Cl6N12O15P3. The van der Waals surface area contributed by atoms with Crippen molar-refractivity contribution in [2.45, 2.75) is 63.1 Å². The molecule has 12 aromatic rings. The maximum absolute atomic E-state index is 13.0. The fourth-order valence-electron chi connectivity index (χ4n) is 15.2. The summed E-state index contributed by atoms with van der Waals surface area (Å²) in [7, 11) is 0. The number of hydroxylamine groups is 3. The molecule has 4 unspecified atom stereocenters. The van der Waals surface area contributed by atoms with Gasteiger partial charge in [-0.2, -0.15) is 29.5 Å². The summed E-state index contributed by atoms with van der Waals surface area (Å²) in [5, 5.41) is 11.1. The first-order valence-corrected chi connectivity index (χ1v) is 48.7. The molecule has 0 spiro atoms. The van der Waals surface area contributed by atoms with Gasteiger partial charge in [0.2, 0.25) is 0 Å². The van der Waals surface area contributed by atoms with Crippen LogP contribution in [0.1, 0.15) is 74.2 Å². The zero-order valence-corrected chi connectivity index (χ0v) is 72.8. The smallest absolute Gasteiger partial charge is 0.380 e. The molecule has 6 heterocycles. The topological polar surface area (TPSA) is 302 Å². The van der Waals surface area contributed by atoms with Gasteiger partial charge in [0.25, 0.3) is 23.4 Å². The third-order valence-electron chi connectivity index (χ3n) is 20.2. The first-order valence-electron chi connectivity index (χ1n) is 37.8. The molecule has 122 heavy (non-hydrogen) atoms. The van der Waals surface area contributed by atoms with Crippen molar-refractivity contribution in [1.29, 1.82) is 0 Å². The van der Waals surface area contributed by atoms with E-state index in [9.17, 15) is 47.6 Å². The first kappa shape index (κ1) is 93.2. The van der Waals surface area contributed by atoms with E-state index in [1.807, 2.05) is 200 Å². The van der Waals surface area contributed by atoms with E-state index in [-0.39, 0.29) is 53.8 Å². The van der Waals surface area contributed by atoms with Crippen molar-refractivity contribution in [3.63, 3.8) is 0 Å². The van der Waals surface area contributed by atoms with E-state index in [1.165, 1.54) is 54.8 Å². The number of H-pyrrole nitrogens is 3. The lowest BCUT2D eigenvalue weighted by Gasteiger charge is -2.51. The van der Waals surface area contributed by atoms with E-state index in [2.05, 4.69) is 136 Å². The molecule has 4 atom stereocenters. The number of aromatic nitrogens is 6. The molecule has 3 aliphatic rings. The molecule has 0 saturated carbocycles. The second kappa shape index (κ2) is 41.3. The van der Waals surface area contributed by atoms with Crippen molar-refractivity contribution in [1.82, 2.24) is 43.7 Å². The van der Waals surface area contributed by atoms with Gasteiger partial charge in [0.05, 0.1) is 36.4 Å². The largest absolute Gasteiger partial charge is 0.394 e. The molecule has 0 bridgehead atoms. The number of aliphatic hydroxyl groups is 1. The molecule has 36 heteroatoms. The summed E-state index contributed by atoms with van der Waals surface area (Å²) in [6.45, 7) is 3.67. The zero-order chi connectivity index (χ0) is 86.3. The predicted octanol–water partition coefficient (Wildman–Crippen LogP) is 15.2. The van der Waals surface area contributed by atoms with Gasteiger partial charge in [-0.25, -0.2) is 28.9 Å². The first-order chi connectivity index (χ1) is 57.9. The van der Waals surface area contributed by atoms with Crippen molar-refractivity contribution in [2.24, 2.45) is 0 Å². The standard InChI is InChI=1S/C29H30ClN4O5P.C28H27Cl2N4O5P.C28H28N4O4.CH4.Cl3OP/c1-22-18-33(28(36)31-27(22)35)34-21-32(19-26(39-34)20-38-40(2,30)37)29(23-12-6-3-7-13-23,24-14-8-4-9-15-24)25-16-10-5-11-17-25;1-21-17-33(27(36)31-26(21)35)34-20-32(18-25(39-34)19-38-40(29,30)37)28(22-11-5-2-6-12-22,23-13-7-3-8-14-23)24-15-9-4-10-16-24;1-21-17-31(27(35)29-26(21)34)32-20-30(18-25(19-33)36-32)28(22-11-5-2-6-12-22,23-13-7-3-8-14-23)24-15-9-4-10-16-24;;1-5(2,3)4/h3-18,26H,19-21H2,1-2H3,(H,31,35,36);2-17,25H,18-20H2,1H3,(H,31,35,36);2-17,25,33H,18-20H2,1H3,(H,29,34,35);1H4;. The van der Waals surface area contributed by atoms with Crippen LogP contribution in [0.5, 0.6) is 0 Å². The number of aromatic amines is 3. The number of aryl methyl sites for hydroxylation is 3. The summed E-state index contributed by atoms with van der Waals surface area (Å²) in [6.07, 6.45) is -1.62. The Morgan fingerprint density at radius 3 is 0.754 bits per heavy atom. The van der Waals surface area contributed by atoms with Gasteiger partial charge >= 0.3 is 28.3 Å². The Balaban J connectivity index is 0.000000173. The fraction of sp³-hybridized carbons (Fsp3) is 0.233. The van der Waals surface area contributed by atoms with Gasteiger partial charge in [-0.1, -0.05) is 280 Å². The van der Waals surface area contributed by atoms with Crippen molar-refractivity contribution < 1.29 is 42.4 Å². The summed E-state index contributed by atoms with van der Waals surface area (Å²) in [6, 6.07) is 90.8. The number of benzene rings is 9. The molecule has 3 aliphatic heterocycles. The van der Waals surface area contributed by atoms with Crippen molar-refractivity contribution >= 4 is 85.4 Å². The van der Waals surface area contributed by atoms with Crippen molar-refractivity contribution in [3.8, 4) is 0 Å². The van der Waals surface area contributed by atoms with Gasteiger partial charge in [-0.3, -0.25) is 57.7 Å². The number of hydrogen-bond acceptors (Lipinski definition) is 21. The molecule has 15 rings (SSSR count). The summed E-state index contributed by atoms with van der Waals surface area (Å²) in [4.78, 5) is 107. The Morgan fingerprint density at radius 1 is 0.361 bits per heavy atom. The lowest BCUT2D eigenvalue weighted by atomic mass is 9.75. The van der Waals surface area contributed by atoms with Crippen LogP contribution in [-0.4, -0.2) is 133 Å². The summed E-state index contributed by atoms with van der Waals surface area (Å²) in [5.74, 6) is 0. The van der Waals surface area contributed by atoms with Crippen molar-refractivity contribution in [3.05, 3.63) is 421 Å². The molecule has 0 aliphatic carbocycles. The van der Waals surface area contributed by atoms with Crippen LogP contribution in [0, 0.1) is 20.8 Å². The molecule has 9 aromatic carbocycles. The van der Waals surface area contributed by atoms with E-state index < -0.39 is 86.7 Å². The second-order valence-corrected chi connectivity index (χ2v) is 42.8. The average Bonchev–Trinajstić information content (AvgIpc) is 0.738. The van der Waals surface area contributed by atoms with Gasteiger partial charge < -0.3 is 14.2 Å². The molecular weight excluding hydrogens is 1750 g/mol. The van der Waals surface area contributed by atoms with E-state index >= 15 is 0 Å². The van der Waals surface area contributed by atoms with Crippen LogP contribution in [0.2, 0.25) is 0 Å². The molecule has 0 amide bonds. The normalized spacial score (nSPS) is 16.7. The number of nitrogens with zero attached hydrogens (tertiary/aromatic N) is 9. The molecule has 27 nitrogen and oxygen atoms in total. The minimum absolute atomic E-state index is 0. The average molecular weight is 1840 g/mol. The van der Waals surface area contributed by atoms with Crippen LogP contribution in [0.25, 0.3) is 0 Å². The Kier molecular flexibility index (Phi) is 31.6. The van der Waals surface area contributed by atoms with Gasteiger partial charge in [0, 0.05) is 61.6 Å². The molecule has 0 radical (unpaired) electrons. The summed E-state index contributed by atoms with van der Waals surface area (Å²) < 4.78 is 48.2. The highest BCUT2D eigenvalue weighted by Crippen LogP contribution is 2.61. The summed E-state index contributed by atoms with van der Waals surface area (Å²) in [5.41, 5.74) is 4.21. The van der Waals surface area contributed by atoms with Crippen LogP contribution >= 0.6 is 85.4 Å². The molecule has 4 N–H and O–H groups in total. The number of aliphatic hydroxyl groups excluding tert-OH is 1. The Labute approximate surface area is 732 Å². The number of nitrogens with one attached hydrogen (secondary N) is 3. The lowest BCUT2D eigenvalue weighted by Crippen LogP contribution is -2.64. The van der Waals surface area contributed by atoms with Crippen LogP contribution in [0.15, 0.2) is 320 Å². The SMILES string of the molecule is C.Cc1cn(N2CN(C(c3ccccc3)(c3ccccc3)c3ccccc3)CC(CO)O2)c(=O)[nH]c1=O.Cc1cn(N2CN(C(c3ccccc3)(c3ccccc3)c3ccccc3)CC(COP(=O)(Cl)Cl)O2)c(=O)[nH]c1=O.Cc1cn(N2CN(C(c3ccccc3)(c3ccccc3)c3ccccc3)CC(COP(C)(=O)Cl)O2)c(=O)[nH]c1=O.O=P(Cl)(Cl)Cl. The van der Waals surface area contributed by atoms with Crippen LogP contribution in [0.3, 0.4) is 0 Å². The van der Waals surface area contributed by atoms with Crippen LogP contribution < -0.4 is 49.3 Å². The number of hydrogen-bond donors (Lipinski definition) is 4. The van der Waals surface area contributed by atoms with Gasteiger partial charge in [0.1, 0.15) is 38.3 Å². The van der Waals surface area contributed by atoms with Crippen molar-refractivity contribution in [2.75, 3.05) is 81.6 Å². The van der Waals surface area contributed by atoms with Crippen LogP contribution in [-0.2, 0) is 53.9 Å². The second-order valence-electron chi connectivity index (χ2n) is 28.3. The highest BCUT2D eigenvalue weighted by Gasteiger charge is 2.50. The number of halogens is 6. The Hall–Kier alpha value is -9.51. The molecule has 3 fully saturated rings. The Bertz CT molecular complexity index is 5440. The van der Waals surface area contributed by atoms with Gasteiger partial charge in [-0.05, 0) is 138 Å². The zero-order valence-electron chi connectivity index (χ0n) is 65.6. The maximum Gasteiger partial charge on any atom is 0.380 e. The van der Waals surface area contributed by atoms with Crippen LogP contribution in [0.4, 0.5) is 0 Å². The fourth-order valence-corrected chi connectivity index (χ4v) is 16.5.